The Balaban J connectivity index is 3.20. The Bertz CT molecular complexity index is 308. The van der Waals surface area contributed by atoms with Crippen molar-refractivity contribution in [2.24, 2.45) is 5.73 Å². The van der Waals surface area contributed by atoms with Crippen molar-refractivity contribution in [1.29, 1.82) is 0 Å². The fourth-order valence-electron chi connectivity index (χ4n) is 1.31. The van der Waals surface area contributed by atoms with Crippen molar-refractivity contribution in [2.75, 3.05) is 0 Å². The third kappa shape index (κ3) is 1.95. The second-order valence-corrected chi connectivity index (χ2v) is 3.23. The third-order valence-corrected chi connectivity index (χ3v) is 2.10. The van der Waals surface area contributed by atoms with Gasteiger partial charge in [0.15, 0.2) is 0 Å². The van der Waals surface area contributed by atoms with Gasteiger partial charge in [0.2, 0.25) is 0 Å². The second-order valence-electron chi connectivity index (χ2n) is 3.23. The molecule has 0 bridgehead atoms. The summed E-state index contributed by atoms with van der Waals surface area (Å²) in [6.45, 7) is 7.08. The average Bonchev–Trinajstić information content (AvgIpc) is 2.12. The number of halogens is 1. The Morgan fingerprint density at radius 2 is 1.85 bits per heavy atom. The van der Waals surface area contributed by atoms with Gasteiger partial charge in [-0.05, 0) is 30.5 Å². The number of benzene rings is 1. The van der Waals surface area contributed by atoms with Crippen LogP contribution >= 0.6 is 0 Å². The van der Waals surface area contributed by atoms with E-state index in [-0.39, 0.29) is 11.9 Å². The Morgan fingerprint density at radius 1 is 1.38 bits per heavy atom. The van der Waals surface area contributed by atoms with E-state index in [1.54, 1.807) is 32.1 Å². The zero-order chi connectivity index (χ0) is 10.0. The molecule has 1 aromatic rings. The zero-order valence-corrected chi connectivity index (χ0v) is 7.97. The smallest absolute Gasteiger partial charge is 0.129 e. The fourth-order valence-corrected chi connectivity index (χ4v) is 1.31. The first kappa shape index (κ1) is 9.93. The van der Waals surface area contributed by atoms with Crippen LogP contribution in [-0.2, 0) is 0 Å². The quantitative estimate of drug-likeness (QED) is 0.694. The number of rotatable bonds is 2. The molecule has 0 aliphatic carbocycles. The highest BCUT2D eigenvalue weighted by molar-refractivity contribution is 5.33. The van der Waals surface area contributed by atoms with Crippen molar-refractivity contribution >= 4 is 0 Å². The van der Waals surface area contributed by atoms with Crippen molar-refractivity contribution in [3.63, 3.8) is 0 Å². The van der Waals surface area contributed by atoms with Crippen LogP contribution in [0.25, 0.3) is 0 Å². The van der Waals surface area contributed by atoms with E-state index in [0.29, 0.717) is 11.1 Å². The van der Waals surface area contributed by atoms with Crippen LogP contribution in [0.2, 0.25) is 0 Å². The largest absolute Gasteiger partial charge is 0.321 e. The van der Waals surface area contributed by atoms with Crippen LogP contribution in [-0.4, -0.2) is 0 Å². The molecule has 0 saturated heterocycles. The van der Waals surface area contributed by atoms with Crippen molar-refractivity contribution in [2.45, 2.75) is 19.9 Å². The normalized spacial score (nSPS) is 12.6. The van der Waals surface area contributed by atoms with Crippen molar-refractivity contribution < 1.29 is 4.39 Å². The van der Waals surface area contributed by atoms with E-state index < -0.39 is 0 Å². The maximum atomic E-state index is 13.2. The van der Waals surface area contributed by atoms with Gasteiger partial charge in [0.1, 0.15) is 5.82 Å². The van der Waals surface area contributed by atoms with Gasteiger partial charge in [0.05, 0.1) is 0 Å². The van der Waals surface area contributed by atoms with E-state index >= 15 is 0 Å². The first-order valence-corrected chi connectivity index (χ1v) is 4.21. The topological polar surface area (TPSA) is 26.0 Å². The van der Waals surface area contributed by atoms with Gasteiger partial charge in [0, 0.05) is 6.04 Å². The van der Waals surface area contributed by atoms with Crippen molar-refractivity contribution in [3.05, 3.63) is 47.3 Å². The number of hydrogen-bond acceptors (Lipinski definition) is 1. The van der Waals surface area contributed by atoms with Crippen LogP contribution in [0.15, 0.2) is 24.8 Å². The standard InChI is InChI=1S/C11H14FN/c1-4-10(13)9-5-7(2)11(12)8(3)6-9/h4-6,10H,1,13H2,2-3H3/t10-/m0/s1. The molecular formula is C11H14FN. The Hall–Kier alpha value is -1.15. The summed E-state index contributed by atoms with van der Waals surface area (Å²) in [6, 6.07) is 3.31. The first-order valence-electron chi connectivity index (χ1n) is 4.21. The lowest BCUT2D eigenvalue weighted by Crippen LogP contribution is -2.07. The molecule has 1 aromatic carbocycles. The minimum atomic E-state index is -0.210. The van der Waals surface area contributed by atoms with E-state index in [1.165, 1.54) is 0 Å². The molecule has 0 aliphatic heterocycles. The van der Waals surface area contributed by atoms with E-state index in [9.17, 15) is 4.39 Å². The molecule has 2 N–H and O–H groups in total. The lowest BCUT2D eigenvalue weighted by molar-refractivity contribution is 0.607. The van der Waals surface area contributed by atoms with Gasteiger partial charge in [0.25, 0.3) is 0 Å². The highest BCUT2D eigenvalue weighted by Gasteiger charge is 2.07. The molecule has 0 amide bonds. The molecule has 0 spiro atoms. The molecule has 0 saturated carbocycles. The highest BCUT2D eigenvalue weighted by atomic mass is 19.1. The summed E-state index contributed by atoms with van der Waals surface area (Å²) in [4.78, 5) is 0. The van der Waals surface area contributed by atoms with Crippen LogP contribution in [0.4, 0.5) is 4.39 Å². The van der Waals surface area contributed by atoms with E-state index in [2.05, 4.69) is 6.58 Å². The van der Waals surface area contributed by atoms with Gasteiger partial charge in [-0.25, -0.2) is 4.39 Å². The van der Waals surface area contributed by atoms with Crippen LogP contribution in [0.3, 0.4) is 0 Å². The molecule has 0 heterocycles. The summed E-state index contributed by atoms with van der Waals surface area (Å²) < 4.78 is 13.2. The zero-order valence-electron chi connectivity index (χ0n) is 7.97. The lowest BCUT2D eigenvalue weighted by atomic mass is 10.0. The van der Waals surface area contributed by atoms with Gasteiger partial charge >= 0.3 is 0 Å². The first-order chi connectivity index (χ1) is 6.06. The molecule has 1 atom stereocenters. The number of hydrogen-bond donors (Lipinski definition) is 1. The average molecular weight is 179 g/mol. The Morgan fingerprint density at radius 3 is 2.23 bits per heavy atom. The Labute approximate surface area is 78.1 Å². The molecule has 0 fully saturated rings. The molecule has 0 unspecified atom stereocenters. The number of nitrogens with two attached hydrogens (primary N) is 1. The maximum Gasteiger partial charge on any atom is 0.129 e. The van der Waals surface area contributed by atoms with Gasteiger partial charge in [-0.1, -0.05) is 18.2 Å². The molecule has 13 heavy (non-hydrogen) atoms. The fraction of sp³-hybridized carbons (Fsp3) is 0.273. The summed E-state index contributed by atoms with van der Waals surface area (Å²) in [6.07, 6.45) is 1.64. The highest BCUT2D eigenvalue weighted by Crippen LogP contribution is 2.19. The molecule has 0 aromatic heterocycles. The Kier molecular flexibility index (Phi) is 2.83. The van der Waals surface area contributed by atoms with Gasteiger partial charge in [-0.15, -0.1) is 6.58 Å². The molecule has 70 valence electrons. The van der Waals surface area contributed by atoms with Gasteiger partial charge < -0.3 is 5.73 Å². The van der Waals surface area contributed by atoms with Crippen molar-refractivity contribution in [1.82, 2.24) is 0 Å². The summed E-state index contributed by atoms with van der Waals surface area (Å²) in [5, 5.41) is 0. The molecule has 0 radical (unpaired) electrons. The molecular weight excluding hydrogens is 165 g/mol. The van der Waals surface area contributed by atoms with E-state index in [0.717, 1.165) is 5.56 Å². The molecule has 1 nitrogen and oxygen atoms in total. The summed E-state index contributed by atoms with van der Waals surface area (Å²) in [7, 11) is 0. The predicted molar refractivity (Wildman–Crippen MR) is 53.0 cm³/mol. The van der Waals surface area contributed by atoms with Gasteiger partial charge in [-0.2, -0.15) is 0 Å². The molecule has 2 heteroatoms. The predicted octanol–water partition coefficient (Wildman–Crippen LogP) is 2.63. The monoisotopic (exact) mass is 179 g/mol. The maximum absolute atomic E-state index is 13.2. The van der Waals surface area contributed by atoms with E-state index in [1.807, 2.05) is 0 Å². The summed E-state index contributed by atoms with van der Waals surface area (Å²) >= 11 is 0. The summed E-state index contributed by atoms with van der Waals surface area (Å²) in [5.41, 5.74) is 7.91. The van der Waals surface area contributed by atoms with Crippen molar-refractivity contribution in [3.8, 4) is 0 Å². The second kappa shape index (κ2) is 3.71. The van der Waals surface area contributed by atoms with Gasteiger partial charge in [-0.3, -0.25) is 0 Å². The van der Waals surface area contributed by atoms with E-state index in [4.69, 9.17) is 5.73 Å². The third-order valence-electron chi connectivity index (χ3n) is 2.10. The SMILES string of the molecule is C=C[C@H](N)c1cc(C)c(F)c(C)c1. The van der Waals surface area contributed by atoms with Crippen LogP contribution < -0.4 is 5.73 Å². The lowest BCUT2D eigenvalue weighted by Gasteiger charge is -2.10. The number of aryl methyl sites for hydroxylation is 2. The minimum absolute atomic E-state index is 0.153. The molecule has 1 rings (SSSR count). The minimum Gasteiger partial charge on any atom is -0.321 e. The van der Waals surface area contributed by atoms with Crippen LogP contribution in [0, 0.1) is 19.7 Å². The van der Waals surface area contributed by atoms with Crippen LogP contribution in [0.1, 0.15) is 22.7 Å². The molecule has 0 aliphatic rings. The summed E-state index contributed by atoms with van der Waals surface area (Å²) in [5.74, 6) is -0.153. The van der Waals surface area contributed by atoms with Crippen LogP contribution in [0.5, 0.6) is 0 Å².